The van der Waals surface area contributed by atoms with Crippen LogP contribution in [-0.4, -0.2) is 36.2 Å². The van der Waals surface area contributed by atoms with Crippen LogP contribution < -0.4 is 10.1 Å². The predicted molar refractivity (Wildman–Crippen MR) is 74.8 cm³/mol. The molecule has 0 bridgehead atoms. The Labute approximate surface area is 116 Å². The third-order valence-electron chi connectivity index (χ3n) is 3.45. The number of nitrogens with one attached hydrogen (secondary N) is 2. The number of nitrogens with zero attached hydrogens (tertiary/aromatic N) is 1. The summed E-state index contributed by atoms with van der Waals surface area (Å²) in [5.74, 6) is -0.0497. The number of amides is 1. The maximum atomic E-state index is 12.1. The molecule has 1 aliphatic heterocycles. The van der Waals surface area contributed by atoms with Gasteiger partial charge in [-0.25, -0.2) is 0 Å². The van der Waals surface area contributed by atoms with Gasteiger partial charge in [0, 0.05) is 12.3 Å². The number of aromatic nitrogens is 2. The second kappa shape index (κ2) is 5.50. The molecular formula is C14H17N3O3. The van der Waals surface area contributed by atoms with E-state index in [1.807, 2.05) is 18.2 Å². The zero-order valence-corrected chi connectivity index (χ0v) is 11.3. The van der Waals surface area contributed by atoms with Gasteiger partial charge in [0.25, 0.3) is 6.01 Å². The summed E-state index contributed by atoms with van der Waals surface area (Å²) in [7, 11) is 1.56. The van der Waals surface area contributed by atoms with Crippen LogP contribution in [0.4, 0.5) is 5.69 Å². The Balaban J connectivity index is 1.74. The van der Waals surface area contributed by atoms with Crippen LogP contribution in [0.25, 0.3) is 11.0 Å². The quantitative estimate of drug-likeness (QED) is 0.897. The number of carbonyl (C=O) groups is 1. The molecule has 2 heterocycles. The van der Waals surface area contributed by atoms with Gasteiger partial charge in [-0.05, 0) is 31.0 Å². The predicted octanol–water partition coefficient (Wildman–Crippen LogP) is 1.94. The molecule has 0 spiro atoms. The molecule has 6 heteroatoms. The van der Waals surface area contributed by atoms with Gasteiger partial charge in [0.1, 0.15) is 0 Å². The van der Waals surface area contributed by atoms with Crippen LogP contribution in [0.3, 0.4) is 0 Å². The number of hydrogen-bond donors (Lipinski definition) is 2. The number of aromatic amines is 1. The molecule has 0 aliphatic carbocycles. The largest absolute Gasteiger partial charge is 0.468 e. The number of rotatable bonds is 3. The van der Waals surface area contributed by atoms with E-state index in [2.05, 4.69) is 15.3 Å². The normalized spacial score (nSPS) is 18.9. The van der Waals surface area contributed by atoms with Crippen molar-refractivity contribution in [3.05, 3.63) is 18.2 Å². The molecule has 1 unspecified atom stereocenters. The second-order valence-electron chi connectivity index (χ2n) is 4.88. The number of hydrogen-bond acceptors (Lipinski definition) is 4. The molecule has 2 aromatic rings. The highest BCUT2D eigenvalue weighted by Crippen LogP contribution is 2.21. The SMILES string of the molecule is COc1nc2ccc(NC(=O)C3CCCOC3)cc2[nH]1. The van der Waals surface area contributed by atoms with Crippen molar-refractivity contribution in [2.24, 2.45) is 5.92 Å². The van der Waals surface area contributed by atoms with Crippen molar-refractivity contribution in [3.8, 4) is 6.01 Å². The van der Waals surface area contributed by atoms with E-state index in [0.29, 0.717) is 12.6 Å². The number of anilines is 1. The number of methoxy groups -OCH3 is 1. The monoisotopic (exact) mass is 275 g/mol. The molecule has 1 atom stereocenters. The molecule has 1 aromatic heterocycles. The van der Waals surface area contributed by atoms with E-state index in [9.17, 15) is 4.79 Å². The van der Waals surface area contributed by atoms with E-state index in [1.54, 1.807) is 7.11 Å². The van der Waals surface area contributed by atoms with E-state index in [4.69, 9.17) is 9.47 Å². The molecule has 2 N–H and O–H groups in total. The summed E-state index contributed by atoms with van der Waals surface area (Å²) in [6.45, 7) is 1.26. The van der Waals surface area contributed by atoms with Crippen LogP contribution in [0.5, 0.6) is 6.01 Å². The topological polar surface area (TPSA) is 76.2 Å². The number of imidazole rings is 1. The van der Waals surface area contributed by atoms with E-state index in [-0.39, 0.29) is 11.8 Å². The highest BCUT2D eigenvalue weighted by molar-refractivity contribution is 5.94. The van der Waals surface area contributed by atoms with E-state index in [1.165, 1.54) is 0 Å². The summed E-state index contributed by atoms with van der Waals surface area (Å²) in [5.41, 5.74) is 2.39. The van der Waals surface area contributed by atoms with E-state index < -0.39 is 0 Å². The lowest BCUT2D eigenvalue weighted by Crippen LogP contribution is -2.30. The summed E-state index contributed by atoms with van der Waals surface area (Å²) in [6, 6.07) is 6.00. The van der Waals surface area contributed by atoms with Gasteiger partial charge in [-0.3, -0.25) is 4.79 Å². The van der Waals surface area contributed by atoms with Crippen LogP contribution in [-0.2, 0) is 9.53 Å². The number of fused-ring (bicyclic) bond motifs is 1. The van der Waals surface area contributed by atoms with Crippen molar-refractivity contribution in [1.82, 2.24) is 9.97 Å². The Kier molecular flexibility index (Phi) is 3.56. The summed E-state index contributed by atoms with van der Waals surface area (Å²) < 4.78 is 10.4. The fraction of sp³-hybridized carbons (Fsp3) is 0.429. The number of benzene rings is 1. The lowest BCUT2D eigenvalue weighted by Gasteiger charge is -2.21. The van der Waals surface area contributed by atoms with Gasteiger partial charge in [-0.1, -0.05) is 0 Å². The molecule has 0 saturated carbocycles. The van der Waals surface area contributed by atoms with Gasteiger partial charge in [0.2, 0.25) is 5.91 Å². The van der Waals surface area contributed by atoms with Crippen LogP contribution in [0.1, 0.15) is 12.8 Å². The highest BCUT2D eigenvalue weighted by atomic mass is 16.5. The summed E-state index contributed by atoms with van der Waals surface area (Å²) >= 11 is 0. The summed E-state index contributed by atoms with van der Waals surface area (Å²) in [6.07, 6.45) is 1.82. The first-order valence-electron chi connectivity index (χ1n) is 6.68. The van der Waals surface area contributed by atoms with Gasteiger partial charge in [0.05, 0.1) is 30.7 Å². The molecule has 0 radical (unpaired) electrons. The first-order valence-corrected chi connectivity index (χ1v) is 6.68. The lowest BCUT2D eigenvalue weighted by molar-refractivity contribution is -0.123. The van der Waals surface area contributed by atoms with Gasteiger partial charge in [0.15, 0.2) is 0 Å². The fourth-order valence-corrected chi connectivity index (χ4v) is 2.35. The van der Waals surface area contributed by atoms with Crippen LogP contribution >= 0.6 is 0 Å². The Bertz CT molecular complexity index is 617. The zero-order valence-electron chi connectivity index (χ0n) is 11.3. The fourth-order valence-electron chi connectivity index (χ4n) is 2.35. The van der Waals surface area contributed by atoms with E-state index >= 15 is 0 Å². The minimum absolute atomic E-state index is 0.00975. The Morgan fingerprint density at radius 1 is 1.55 bits per heavy atom. The smallest absolute Gasteiger partial charge is 0.294 e. The van der Waals surface area contributed by atoms with Gasteiger partial charge in [-0.15, -0.1) is 0 Å². The molecule has 3 rings (SSSR count). The minimum Gasteiger partial charge on any atom is -0.468 e. The molecule has 20 heavy (non-hydrogen) atoms. The van der Waals surface area contributed by atoms with Crippen molar-refractivity contribution >= 4 is 22.6 Å². The van der Waals surface area contributed by atoms with Crippen LogP contribution in [0.2, 0.25) is 0 Å². The van der Waals surface area contributed by atoms with Crippen molar-refractivity contribution in [3.63, 3.8) is 0 Å². The Hall–Kier alpha value is -2.08. The number of ether oxygens (including phenoxy) is 2. The number of H-pyrrole nitrogens is 1. The standard InChI is InChI=1S/C14H17N3O3/c1-19-14-16-11-5-4-10(7-12(11)17-14)15-13(18)9-3-2-6-20-8-9/h4-5,7,9H,2-3,6,8H2,1H3,(H,15,18)(H,16,17). The average Bonchev–Trinajstić information content (AvgIpc) is 2.90. The van der Waals surface area contributed by atoms with Crippen molar-refractivity contribution in [2.45, 2.75) is 12.8 Å². The van der Waals surface area contributed by atoms with Crippen molar-refractivity contribution < 1.29 is 14.3 Å². The van der Waals surface area contributed by atoms with Crippen LogP contribution in [0, 0.1) is 5.92 Å². The maximum Gasteiger partial charge on any atom is 0.294 e. The molecular weight excluding hydrogens is 258 g/mol. The maximum absolute atomic E-state index is 12.1. The third-order valence-corrected chi connectivity index (χ3v) is 3.45. The first kappa shape index (κ1) is 12.9. The third kappa shape index (κ3) is 2.60. The Morgan fingerprint density at radius 2 is 2.45 bits per heavy atom. The van der Waals surface area contributed by atoms with Gasteiger partial charge >= 0.3 is 0 Å². The molecule has 1 aliphatic rings. The van der Waals surface area contributed by atoms with Crippen molar-refractivity contribution in [1.29, 1.82) is 0 Å². The van der Waals surface area contributed by atoms with E-state index in [0.717, 1.165) is 36.2 Å². The Morgan fingerprint density at radius 3 is 3.20 bits per heavy atom. The second-order valence-corrected chi connectivity index (χ2v) is 4.88. The molecule has 1 fully saturated rings. The molecule has 6 nitrogen and oxygen atoms in total. The minimum atomic E-state index is -0.0595. The first-order chi connectivity index (χ1) is 9.76. The van der Waals surface area contributed by atoms with Crippen LogP contribution in [0.15, 0.2) is 18.2 Å². The zero-order chi connectivity index (χ0) is 13.9. The lowest BCUT2D eigenvalue weighted by atomic mass is 10.0. The molecule has 1 aromatic carbocycles. The van der Waals surface area contributed by atoms with Crippen molar-refractivity contribution in [2.75, 3.05) is 25.6 Å². The summed E-state index contributed by atoms with van der Waals surface area (Å²) in [5, 5.41) is 2.92. The molecule has 1 saturated heterocycles. The number of carbonyl (C=O) groups excluding carboxylic acids is 1. The molecule has 1 amide bonds. The van der Waals surface area contributed by atoms with Gasteiger partial charge in [-0.2, -0.15) is 4.98 Å². The van der Waals surface area contributed by atoms with Gasteiger partial charge < -0.3 is 19.8 Å². The summed E-state index contributed by atoms with van der Waals surface area (Å²) in [4.78, 5) is 19.4. The molecule has 106 valence electrons. The highest BCUT2D eigenvalue weighted by Gasteiger charge is 2.21. The average molecular weight is 275 g/mol.